The summed E-state index contributed by atoms with van der Waals surface area (Å²) >= 11 is 6.14. The summed E-state index contributed by atoms with van der Waals surface area (Å²) < 4.78 is 0. The third-order valence-corrected chi connectivity index (χ3v) is 3.77. The Balaban J connectivity index is 2.56. The summed E-state index contributed by atoms with van der Waals surface area (Å²) in [6.45, 7) is 3.98. The van der Waals surface area contributed by atoms with Gasteiger partial charge < -0.3 is 10.8 Å². The molecule has 0 unspecified atom stereocenters. The third-order valence-electron chi connectivity index (χ3n) is 3.45. The van der Waals surface area contributed by atoms with Crippen LogP contribution >= 0.6 is 11.6 Å². The van der Waals surface area contributed by atoms with Gasteiger partial charge in [0.2, 0.25) is 0 Å². The zero-order valence-electron chi connectivity index (χ0n) is 9.05. The molecule has 0 radical (unpaired) electrons. The van der Waals surface area contributed by atoms with Gasteiger partial charge in [0.1, 0.15) is 5.75 Å². The van der Waals surface area contributed by atoms with E-state index in [1.165, 1.54) is 0 Å². The molecule has 1 aromatic carbocycles. The smallest absolute Gasteiger partial charge is 0.120 e. The Morgan fingerprint density at radius 2 is 2.00 bits per heavy atom. The summed E-state index contributed by atoms with van der Waals surface area (Å²) in [4.78, 5) is 0. The van der Waals surface area contributed by atoms with Crippen LogP contribution in [-0.4, -0.2) is 10.6 Å². The minimum Gasteiger partial charge on any atom is -0.508 e. The first-order valence-electron chi connectivity index (χ1n) is 5.15. The van der Waals surface area contributed by atoms with Gasteiger partial charge in [-0.2, -0.15) is 0 Å². The number of rotatable bonds is 2. The molecule has 82 valence electrons. The molecule has 3 N–H and O–H groups in total. The molecule has 0 saturated heterocycles. The standard InChI is InChI=1S/C12H16ClNO/c1-11(2,14)12(6-7-12)10-8(13)4-3-5-9(10)15/h3-5,15H,6-7,14H2,1-2H3. The quantitative estimate of drug-likeness (QED) is 0.813. The van der Waals surface area contributed by atoms with Gasteiger partial charge in [-0.05, 0) is 38.8 Å². The molecule has 1 aromatic rings. The van der Waals surface area contributed by atoms with Crippen LogP contribution in [0, 0.1) is 0 Å². The van der Waals surface area contributed by atoms with Crippen LogP contribution in [0.25, 0.3) is 0 Å². The van der Waals surface area contributed by atoms with Gasteiger partial charge in [-0.3, -0.25) is 0 Å². The molecule has 0 atom stereocenters. The first-order chi connectivity index (χ1) is 6.88. The fraction of sp³-hybridized carbons (Fsp3) is 0.500. The Morgan fingerprint density at radius 3 is 2.40 bits per heavy atom. The summed E-state index contributed by atoms with van der Waals surface area (Å²) in [6, 6.07) is 5.23. The lowest BCUT2D eigenvalue weighted by Gasteiger charge is -2.32. The minimum absolute atomic E-state index is 0.143. The lowest BCUT2D eigenvalue weighted by atomic mass is 9.79. The molecule has 1 fully saturated rings. The van der Waals surface area contributed by atoms with E-state index in [1.807, 2.05) is 19.9 Å². The predicted octanol–water partition coefficient (Wildman–Crippen LogP) is 2.81. The van der Waals surface area contributed by atoms with Crippen LogP contribution in [0.2, 0.25) is 5.02 Å². The highest BCUT2D eigenvalue weighted by Gasteiger charge is 2.55. The summed E-state index contributed by atoms with van der Waals surface area (Å²) in [6.07, 6.45) is 1.99. The van der Waals surface area contributed by atoms with Gasteiger partial charge in [0.25, 0.3) is 0 Å². The van der Waals surface area contributed by atoms with Gasteiger partial charge in [0.15, 0.2) is 0 Å². The Bertz CT molecular complexity index is 371. The Morgan fingerprint density at radius 1 is 1.40 bits per heavy atom. The molecule has 0 aliphatic heterocycles. The Labute approximate surface area is 95.1 Å². The molecule has 0 amide bonds. The first-order valence-corrected chi connectivity index (χ1v) is 5.53. The van der Waals surface area contributed by atoms with Crippen LogP contribution < -0.4 is 5.73 Å². The molecule has 1 aliphatic rings. The summed E-state index contributed by atoms with van der Waals surface area (Å²) in [5, 5.41) is 10.5. The molecule has 0 spiro atoms. The number of hydrogen-bond donors (Lipinski definition) is 2. The van der Waals surface area contributed by atoms with Crippen molar-refractivity contribution in [2.45, 2.75) is 37.6 Å². The van der Waals surface area contributed by atoms with E-state index in [0.29, 0.717) is 5.02 Å². The topological polar surface area (TPSA) is 46.2 Å². The van der Waals surface area contributed by atoms with E-state index >= 15 is 0 Å². The van der Waals surface area contributed by atoms with Crippen LogP contribution in [0.4, 0.5) is 0 Å². The zero-order chi connectivity index (χ0) is 11.3. The van der Waals surface area contributed by atoms with Gasteiger partial charge in [0, 0.05) is 21.5 Å². The minimum atomic E-state index is -0.352. The lowest BCUT2D eigenvalue weighted by Crippen LogP contribution is -2.45. The predicted molar refractivity (Wildman–Crippen MR) is 62.3 cm³/mol. The fourth-order valence-electron chi connectivity index (χ4n) is 2.33. The number of hydrogen-bond acceptors (Lipinski definition) is 2. The van der Waals surface area contributed by atoms with Gasteiger partial charge >= 0.3 is 0 Å². The molecule has 3 heteroatoms. The number of aromatic hydroxyl groups is 1. The van der Waals surface area contributed by atoms with Crippen LogP contribution in [0.1, 0.15) is 32.3 Å². The molecule has 0 bridgehead atoms. The Kier molecular flexibility index (Phi) is 2.25. The number of phenolic OH excluding ortho intramolecular Hbond substituents is 1. The second kappa shape index (κ2) is 3.13. The maximum Gasteiger partial charge on any atom is 0.120 e. The van der Waals surface area contributed by atoms with E-state index in [2.05, 4.69) is 0 Å². The van der Waals surface area contributed by atoms with Crippen LogP contribution in [0.15, 0.2) is 18.2 Å². The summed E-state index contributed by atoms with van der Waals surface area (Å²) in [5.74, 6) is 0.263. The van der Waals surface area contributed by atoms with Crippen molar-refractivity contribution in [2.75, 3.05) is 0 Å². The molecular formula is C12H16ClNO. The molecule has 2 rings (SSSR count). The highest BCUT2D eigenvalue weighted by atomic mass is 35.5. The van der Waals surface area contributed by atoms with E-state index in [1.54, 1.807) is 12.1 Å². The first kappa shape index (κ1) is 10.8. The van der Waals surface area contributed by atoms with E-state index in [0.717, 1.165) is 18.4 Å². The second-order valence-corrected chi connectivity index (χ2v) is 5.34. The van der Waals surface area contributed by atoms with Crippen LogP contribution in [0.5, 0.6) is 5.75 Å². The molecule has 1 saturated carbocycles. The van der Waals surface area contributed by atoms with Gasteiger partial charge in [-0.25, -0.2) is 0 Å². The largest absolute Gasteiger partial charge is 0.508 e. The van der Waals surface area contributed by atoms with Crippen molar-refractivity contribution in [3.8, 4) is 5.75 Å². The summed E-state index contributed by atoms with van der Waals surface area (Å²) in [7, 11) is 0. The SMILES string of the molecule is CC(C)(N)C1(c2c(O)cccc2Cl)CC1. The number of nitrogens with two attached hydrogens (primary N) is 1. The van der Waals surface area contributed by atoms with Crippen LogP contribution in [0.3, 0.4) is 0 Å². The van der Waals surface area contributed by atoms with Crippen molar-refractivity contribution in [1.29, 1.82) is 0 Å². The van der Waals surface area contributed by atoms with Gasteiger partial charge in [0.05, 0.1) is 0 Å². The van der Waals surface area contributed by atoms with Crippen molar-refractivity contribution < 1.29 is 5.11 Å². The second-order valence-electron chi connectivity index (χ2n) is 4.94. The molecule has 1 aliphatic carbocycles. The van der Waals surface area contributed by atoms with E-state index in [-0.39, 0.29) is 16.7 Å². The number of halogens is 1. The van der Waals surface area contributed by atoms with Crippen molar-refractivity contribution >= 4 is 11.6 Å². The summed E-state index contributed by atoms with van der Waals surface area (Å²) in [5.41, 5.74) is 6.50. The highest BCUT2D eigenvalue weighted by molar-refractivity contribution is 6.31. The molecule has 2 nitrogen and oxygen atoms in total. The molecule has 15 heavy (non-hydrogen) atoms. The normalized spacial score (nSPS) is 18.9. The van der Waals surface area contributed by atoms with Crippen molar-refractivity contribution in [3.63, 3.8) is 0 Å². The number of benzene rings is 1. The van der Waals surface area contributed by atoms with Crippen molar-refractivity contribution in [2.24, 2.45) is 5.73 Å². The zero-order valence-corrected chi connectivity index (χ0v) is 9.80. The van der Waals surface area contributed by atoms with E-state index in [4.69, 9.17) is 17.3 Å². The third kappa shape index (κ3) is 1.52. The van der Waals surface area contributed by atoms with Gasteiger partial charge in [-0.1, -0.05) is 17.7 Å². The maximum absolute atomic E-state index is 9.89. The number of phenols is 1. The maximum atomic E-state index is 9.89. The van der Waals surface area contributed by atoms with Crippen LogP contribution in [-0.2, 0) is 5.41 Å². The fourth-order valence-corrected chi connectivity index (χ4v) is 2.68. The average Bonchev–Trinajstić information content (AvgIpc) is 2.83. The van der Waals surface area contributed by atoms with E-state index in [9.17, 15) is 5.11 Å². The molecular weight excluding hydrogens is 210 g/mol. The average molecular weight is 226 g/mol. The highest BCUT2D eigenvalue weighted by Crippen LogP contribution is 2.58. The molecule has 0 heterocycles. The monoisotopic (exact) mass is 225 g/mol. The van der Waals surface area contributed by atoms with Gasteiger partial charge in [-0.15, -0.1) is 0 Å². The van der Waals surface area contributed by atoms with Crippen molar-refractivity contribution in [1.82, 2.24) is 0 Å². The van der Waals surface area contributed by atoms with Crippen molar-refractivity contribution in [3.05, 3.63) is 28.8 Å². The lowest BCUT2D eigenvalue weighted by molar-refractivity contribution is 0.372. The van der Waals surface area contributed by atoms with E-state index < -0.39 is 0 Å². The Hall–Kier alpha value is -0.730. The molecule has 0 aromatic heterocycles.